The summed E-state index contributed by atoms with van der Waals surface area (Å²) in [5, 5.41) is 2.62. The predicted octanol–water partition coefficient (Wildman–Crippen LogP) is 3.37. The number of hydrogen-bond acceptors (Lipinski definition) is 6. The van der Waals surface area contributed by atoms with E-state index in [1.165, 1.54) is 13.0 Å². The Morgan fingerprint density at radius 3 is 1.70 bits per heavy atom. The summed E-state index contributed by atoms with van der Waals surface area (Å²) in [5.41, 5.74) is 0.223. The number of nitrogens with one attached hydrogen (secondary N) is 1. The van der Waals surface area contributed by atoms with E-state index < -0.39 is 43.0 Å². The van der Waals surface area contributed by atoms with E-state index in [0.29, 0.717) is 0 Å². The quantitative estimate of drug-likeness (QED) is 0.340. The summed E-state index contributed by atoms with van der Waals surface area (Å²) in [5.74, 6) is -1.32. The van der Waals surface area contributed by atoms with Crippen LogP contribution in [0.2, 0.25) is 58.9 Å². The summed E-state index contributed by atoms with van der Waals surface area (Å²) in [6, 6.07) is 0. The van der Waals surface area contributed by atoms with E-state index in [9.17, 15) is 14.4 Å². The van der Waals surface area contributed by atoms with Crippen LogP contribution in [0.15, 0.2) is 11.8 Å². The second-order valence-electron chi connectivity index (χ2n) is 9.32. The average Bonchev–Trinajstić information content (AvgIpc) is 2.29. The minimum atomic E-state index is -2.10. The summed E-state index contributed by atoms with van der Waals surface area (Å²) in [6.07, 6.45) is 0.353. The summed E-state index contributed by atoms with van der Waals surface area (Å²) in [4.78, 5) is 36.3. The van der Waals surface area contributed by atoms with Gasteiger partial charge < -0.3 is 18.6 Å². The van der Waals surface area contributed by atoms with Crippen molar-refractivity contribution in [3.63, 3.8) is 0 Å². The molecule has 0 aromatic rings. The van der Waals surface area contributed by atoms with Gasteiger partial charge in [-0.25, -0.2) is 4.79 Å². The predicted molar refractivity (Wildman–Crippen MR) is 114 cm³/mol. The van der Waals surface area contributed by atoms with Gasteiger partial charge >= 0.3 is 5.97 Å². The molecule has 1 amide bonds. The van der Waals surface area contributed by atoms with Crippen LogP contribution in [0.1, 0.15) is 13.3 Å². The molecule has 27 heavy (non-hydrogen) atoms. The Morgan fingerprint density at radius 2 is 1.33 bits per heavy atom. The van der Waals surface area contributed by atoms with Gasteiger partial charge in [0.15, 0.2) is 8.32 Å². The zero-order valence-electron chi connectivity index (χ0n) is 18.3. The number of carbonyl (C=O) groups excluding carboxylic acids is 3. The first-order valence-electron chi connectivity index (χ1n) is 9.00. The number of hydrogen-bond donors (Lipinski definition) is 1. The van der Waals surface area contributed by atoms with Crippen LogP contribution in [-0.2, 0) is 27.7 Å². The van der Waals surface area contributed by atoms with Crippen molar-refractivity contribution in [3.05, 3.63) is 11.8 Å². The van der Waals surface area contributed by atoms with Gasteiger partial charge in [-0.2, -0.15) is 0 Å². The van der Waals surface area contributed by atoms with Crippen molar-refractivity contribution < 1.29 is 27.7 Å². The lowest BCUT2D eigenvalue weighted by molar-refractivity contribution is -0.137. The summed E-state index contributed by atoms with van der Waals surface area (Å²) < 4.78 is 17.0. The Bertz CT molecular complexity index is 585. The second-order valence-corrected chi connectivity index (χ2v) is 22.6. The van der Waals surface area contributed by atoms with Gasteiger partial charge in [0.2, 0.25) is 22.5 Å². The molecule has 0 rings (SSSR count). The summed E-state index contributed by atoms with van der Waals surface area (Å²) in [7, 11) is -6.25. The van der Waals surface area contributed by atoms with Crippen molar-refractivity contribution in [2.45, 2.75) is 78.4 Å². The Kier molecular flexibility index (Phi) is 9.35. The van der Waals surface area contributed by atoms with Crippen molar-refractivity contribution in [2.75, 3.05) is 0 Å². The van der Waals surface area contributed by atoms with E-state index in [1.807, 2.05) is 58.9 Å². The van der Waals surface area contributed by atoms with Crippen molar-refractivity contribution in [1.82, 2.24) is 5.32 Å². The first-order valence-corrected chi connectivity index (χ1v) is 19.2. The first kappa shape index (κ1) is 25.8. The fourth-order valence-corrected chi connectivity index (χ4v) is 4.54. The summed E-state index contributed by atoms with van der Waals surface area (Å²) in [6.45, 7) is 18.6. The van der Waals surface area contributed by atoms with Crippen LogP contribution in [0.4, 0.5) is 0 Å². The zero-order valence-corrected chi connectivity index (χ0v) is 21.3. The lowest BCUT2D eigenvalue weighted by Gasteiger charge is -2.29. The Morgan fingerprint density at radius 1 is 0.852 bits per heavy atom. The fourth-order valence-electron chi connectivity index (χ4n) is 2.05. The highest BCUT2D eigenvalue weighted by atomic mass is 28.4. The van der Waals surface area contributed by atoms with Crippen LogP contribution >= 0.6 is 0 Å². The molecule has 156 valence electrons. The molecule has 1 atom stereocenters. The van der Waals surface area contributed by atoms with Crippen molar-refractivity contribution in [2.24, 2.45) is 0 Å². The molecule has 0 heterocycles. The molecule has 0 spiro atoms. The molecular weight excluding hydrogens is 399 g/mol. The smallest absolute Gasteiger partial charge is 0.319 e. The molecule has 7 nitrogen and oxygen atoms in total. The van der Waals surface area contributed by atoms with Crippen LogP contribution < -0.4 is 5.32 Å². The standard InChI is InChI=1S/C17H35NO6Si3/c1-13(19)18-14(11-16(20)23-26(5,6)7)15(22-25(2,3)4)12-17(21)24-27(8,9)10/h11,15H,12H2,1-10H3,(H,18,19)/b14-11+/i18+1. The summed E-state index contributed by atoms with van der Waals surface area (Å²) >= 11 is 0. The van der Waals surface area contributed by atoms with E-state index in [0.717, 1.165) is 0 Å². The first-order chi connectivity index (χ1) is 11.9. The zero-order chi connectivity index (χ0) is 21.6. The number of amides is 1. The van der Waals surface area contributed by atoms with Crippen molar-refractivity contribution in [3.8, 4) is 0 Å². The van der Waals surface area contributed by atoms with Gasteiger partial charge in [-0.3, -0.25) is 9.59 Å². The maximum atomic E-state index is 12.4. The minimum Gasteiger partial charge on any atom is -0.520 e. The van der Waals surface area contributed by atoms with Gasteiger partial charge in [0.05, 0.1) is 18.2 Å². The van der Waals surface area contributed by atoms with Crippen LogP contribution in [0.5, 0.6) is 0 Å². The highest BCUT2D eigenvalue weighted by molar-refractivity contribution is 6.71. The van der Waals surface area contributed by atoms with Gasteiger partial charge in [0.25, 0.3) is 5.97 Å². The third-order valence-electron chi connectivity index (χ3n) is 2.62. The molecule has 1 N–H and O–H groups in total. The highest BCUT2D eigenvalue weighted by Gasteiger charge is 2.30. The molecule has 0 bridgehead atoms. The van der Waals surface area contributed by atoms with E-state index in [2.05, 4.69) is 5.32 Å². The van der Waals surface area contributed by atoms with Gasteiger partial charge in [0.1, 0.15) is 0 Å². The highest BCUT2D eigenvalue weighted by Crippen LogP contribution is 2.19. The van der Waals surface area contributed by atoms with Crippen molar-refractivity contribution in [1.29, 1.82) is 0 Å². The van der Waals surface area contributed by atoms with E-state index in [4.69, 9.17) is 13.3 Å². The van der Waals surface area contributed by atoms with Crippen LogP contribution in [-0.4, -0.2) is 48.9 Å². The lowest BCUT2D eigenvalue weighted by Crippen LogP contribution is -2.41. The van der Waals surface area contributed by atoms with Gasteiger partial charge in [-0.05, 0) is 58.9 Å². The topological polar surface area (TPSA) is 90.9 Å². The van der Waals surface area contributed by atoms with Gasteiger partial charge in [0, 0.05) is 13.0 Å². The van der Waals surface area contributed by atoms with E-state index in [-0.39, 0.29) is 18.0 Å². The van der Waals surface area contributed by atoms with E-state index >= 15 is 0 Å². The molecular formula is C17H35NO6Si3. The normalized spacial score (nSPS) is 14.4. The third kappa shape index (κ3) is 14.5. The largest absolute Gasteiger partial charge is 0.520 e. The SMILES string of the molecule is CC(=O)[15NH]/C(=C/C(=O)O[Si](C)(C)C)C(CC(=O)O[Si](C)(C)C)O[Si](C)(C)C. The maximum Gasteiger partial charge on any atom is 0.319 e. The van der Waals surface area contributed by atoms with Crippen LogP contribution in [0.25, 0.3) is 0 Å². The van der Waals surface area contributed by atoms with Gasteiger partial charge in [-0.15, -0.1) is 0 Å². The monoisotopic (exact) mass is 434 g/mol. The maximum absolute atomic E-state index is 12.4. The second kappa shape index (κ2) is 9.80. The Labute approximate surface area is 166 Å². The number of carbonyl (C=O) groups is 3. The third-order valence-corrected chi connectivity index (χ3v) is 5.26. The molecule has 0 aromatic carbocycles. The average molecular weight is 435 g/mol. The molecule has 0 aliphatic carbocycles. The molecule has 1 unspecified atom stereocenters. The van der Waals surface area contributed by atoms with Crippen LogP contribution in [0.3, 0.4) is 0 Å². The van der Waals surface area contributed by atoms with Crippen molar-refractivity contribution >= 4 is 42.8 Å². The molecule has 0 aromatic heterocycles. The number of rotatable bonds is 9. The molecule has 0 aliphatic heterocycles. The molecule has 0 radical (unpaired) electrons. The Balaban J connectivity index is 5.73. The van der Waals surface area contributed by atoms with Crippen LogP contribution in [0, 0.1) is 0 Å². The molecule has 10 heteroatoms. The fraction of sp³-hybridized carbons (Fsp3) is 0.706. The molecule has 0 aliphatic rings. The van der Waals surface area contributed by atoms with E-state index in [1.54, 1.807) is 0 Å². The lowest BCUT2D eigenvalue weighted by atomic mass is 10.2. The minimum absolute atomic E-state index is 0.0825. The molecule has 0 saturated carbocycles. The molecule has 0 saturated heterocycles. The molecule has 0 fully saturated rings. The Hall–Kier alpha value is -1.24. The van der Waals surface area contributed by atoms with Gasteiger partial charge in [-0.1, -0.05) is 0 Å².